The van der Waals surface area contributed by atoms with Crippen LogP contribution in [-0.4, -0.2) is 35.2 Å². The van der Waals surface area contributed by atoms with Crippen LogP contribution in [-0.2, 0) is 23.3 Å². The Kier molecular flexibility index (Phi) is 4.95. The van der Waals surface area contributed by atoms with Gasteiger partial charge in [0.1, 0.15) is 0 Å². The molecule has 29 heavy (non-hydrogen) atoms. The molecule has 1 saturated heterocycles. The monoisotopic (exact) mass is 408 g/mol. The van der Waals surface area contributed by atoms with Gasteiger partial charge in [-0.15, -0.1) is 11.3 Å². The SMILES string of the molecule is O=C(NCc1ccccc1-n1ccnc1)c1cc2c(s1)CCOC21CCNCC1. The number of amides is 1. The topological polar surface area (TPSA) is 68.2 Å². The summed E-state index contributed by atoms with van der Waals surface area (Å²) in [5, 5.41) is 6.51. The van der Waals surface area contributed by atoms with Gasteiger partial charge < -0.3 is 19.9 Å². The molecule has 6 nitrogen and oxygen atoms in total. The lowest BCUT2D eigenvalue weighted by Crippen LogP contribution is -2.44. The first-order valence-electron chi connectivity index (χ1n) is 10.1. The highest BCUT2D eigenvalue weighted by atomic mass is 32.1. The normalized spacial score (nSPS) is 17.8. The van der Waals surface area contributed by atoms with Crippen LogP contribution in [0.1, 0.15) is 38.5 Å². The van der Waals surface area contributed by atoms with Crippen molar-refractivity contribution >= 4 is 17.2 Å². The van der Waals surface area contributed by atoms with Gasteiger partial charge in [0.2, 0.25) is 0 Å². The number of nitrogens with zero attached hydrogens (tertiary/aromatic N) is 2. The number of para-hydroxylation sites is 1. The van der Waals surface area contributed by atoms with Gasteiger partial charge in [-0.3, -0.25) is 4.79 Å². The minimum atomic E-state index is -0.206. The number of imidazole rings is 1. The summed E-state index contributed by atoms with van der Waals surface area (Å²) in [5.74, 6) is -0.0195. The van der Waals surface area contributed by atoms with E-state index >= 15 is 0 Å². The second-order valence-corrected chi connectivity index (χ2v) is 8.71. The van der Waals surface area contributed by atoms with E-state index < -0.39 is 0 Å². The molecule has 4 heterocycles. The van der Waals surface area contributed by atoms with Crippen molar-refractivity contribution in [2.45, 2.75) is 31.4 Å². The third kappa shape index (κ3) is 3.50. The van der Waals surface area contributed by atoms with Crippen molar-refractivity contribution < 1.29 is 9.53 Å². The number of ether oxygens (including phenoxy) is 1. The molecule has 3 aromatic rings. The van der Waals surface area contributed by atoms with Crippen molar-refractivity contribution in [3.05, 3.63) is 69.9 Å². The fourth-order valence-corrected chi connectivity index (χ4v) is 5.50. The average Bonchev–Trinajstić information content (AvgIpc) is 3.44. The van der Waals surface area contributed by atoms with E-state index in [0.717, 1.165) is 55.1 Å². The van der Waals surface area contributed by atoms with Crippen molar-refractivity contribution in [3.63, 3.8) is 0 Å². The number of fused-ring (bicyclic) bond motifs is 2. The number of aromatic nitrogens is 2. The predicted molar refractivity (Wildman–Crippen MR) is 112 cm³/mol. The minimum absolute atomic E-state index is 0.0195. The Bertz CT molecular complexity index is 1010. The van der Waals surface area contributed by atoms with Crippen LogP contribution >= 0.6 is 11.3 Å². The van der Waals surface area contributed by atoms with Crippen LogP contribution < -0.4 is 10.6 Å². The van der Waals surface area contributed by atoms with Gasteiger partial charge in [-0.1, -0.05) is 18.2 Å². The highest BCUT2D eigenvalue weighted by Gasteiger charge is 2.40. The van der Waals surface area contributed by atoms with Crippen molar-refractivity contribution in [2.75, 3.05) is 19.7 Å². The predicted octanol–water partition coefficient (Wildman–Crippen LogP) is 3.02. The van der Waals surface area contributed by atoms with Crippen molar-refractivity contribution in [1.82, 2.24) is 20.2 Å². The van der Waals surface area contributed by atoms with Crippen molar-refractivity contribution in [2.24, 2.45) is 0 Å². The Labute approximate surface area is 173 Å². The molecule has 1 fully saturated rings. The van der Waals surface area contributed by atoms with Crippen LogP contribution in [0.5, 0.6) is 0 Å². The van der Waals surface area contributed by atoms with Crippen LogP contribution in [0.25, 0.3) is 5.69 Å². The molecule has 2 aromatic heterocycles. The van der Waals surface area contributed by atoms with Gasteiger partial charge in [0, 0.05) is 30.2 Å². The number of benzene rings is 1. The zero-order valence-electron chi connectivity index (χ0n) is 16.2. The smallest absolute Gasteiger partial charge is 0.261 e. The maximum absolute atomic E-state index is 12.9. The third-order valence-corrected chi connectivity index (χ3v) is 7.05. The zero-order valence-corrected chi connectivity index (χ0v) is 17.0. The van der Waals surface area contributed by atoms with Crippen LogP contribution in [0.4, 0.5) is 0 Å². The zero-order chi connectivity index (χ0) is 19.7. The van der Waals surface area contributed by atoms with E-state index in [1.807, 2.05) is 35.0 Å². The molecule has 0 saturated carbocycles. The summed E-state index contributed by atoms with van der Waals surface area (Å²) < 4.78 is 8.20. The first-order chi connectivity index (χ1) is 14.3. The number of hydrogen-bond donors (Lipinski definition) is 2. The fourth-order valence-electron chi connectivity index (χ4n) is 4.35. The Hall–Kier alpha value is -2.48. The molecule has 0 aliphatic carbocycles. The first-order valence-corrected chi connectivity index (χ1v) is 10.9. The standard InChI is InChI=1S/C22H24N4O2S/c27-21(25-14-16-3-1-2-4-18(16)26-11-10-24-15-26)20-13-17-19(29-20)5-12-28-22(17)6-8-23-9-7-22/h1-4,10-11,13,15,23H,5-9,12,14H2,(H,25,27). The highest BCUT2D eigenvalue weighted by molar-refractivity contribution is 7.14. The lowest BCUT2D eigenvalue weighted by molar-refractivity contribution is -0.0792. The van der Waals surface area contributed by atoms with Gasteiger partial charge >= 0.3 is 0 Å². The number of piperidine rings is 1. The van der Waals surface area contributed by atoms with E-state index in [2.05, 4.69) is 21.7 Å². The van der Waals surface area contributed by atoms with Crippen molar-refractivity contribution in [1.29, 1.82) is 0 Å². The maximum atomic E-state index is 12.9. The summed E-state index contributed by atoms with van der Waals surface area (Å²) in [6.07, 6.45) is 8.27. The van der Waals surface area contributed by atoms with Crippen molar-refractivity contribution in [3.8, 4) is 5.69 Å². The summed E-state index contributed by atoms with van der Waals surface area (Å²) in [7, 11) is 0. The Morgan fingerprint density at radius 3 is 3.00 bits per heavy atom. The maximum Gasteiger partial charge on any atom is 0.261 e. The molecular formula is C22H24N4O2S. The lowest BCUT2D eigenvalue weighted by atomic mass is 9.83. The van der Waals surface area contributed by atoms with Gasteiger partial charge in [0.25, 0.3) is 5.91 Å². The molecule has 0 atom stereocenters. The molecule has 2 N–H and O–H groups in total. The number of carbonyl (C=O) groups is 1. The van der Waals surface area contributed by atoms with Crippen LogP contribution in [0.3, 0.4) is 0 Å². The molecule has 1 aromatic carbocycles. The summed E-state index contributed by atoms with van der Waals surface area (Å²) in [5.41, 5.74) is 3.11. The largest absolute Gasteiger partial charge is 0.370 e. The van der Waals surface area contributed by atoms with Gasteiger partial charge in [-0.25, -0.2) is 4.98 Å². The lowest BCUT2D eigenvalue weighted by Gasteiger charge is -2.40. The van der Waals surface area contributed by atoms with E-state index in [4.69, 9.17) is 4.74 Å². The molecule has 2 aliphatic rings. The Morgan fingerprint density at radius 1 is 1.31 bits per heavy atom. The van der Waals surface area contributed by atoms with E-state index in [9.17, 15) is 4.79 Å². The molecule has 7 heteroatoms. The number of carbonyl (C=O) groups excluding carboxylic acids is 1. The van der Waals surface area contributed by atoms with E-state index in [1.165, 1.54) is 10.4 Å². The highest BCUT2D eigenvalue weighted by Crippen LogP contribution is 2.43. The molecule has 2 aliphatic heterocycles. The second kappa shape index (κ2) is 7.74. The van der Waals surface area contributed by atoms with Gasteiger partial charge in [0.05, 0.1) is 29.1 Å². The molecular weight excluding hydrogens is 384 g/mol. The molecule has 0 radical (unpaired) electrons. The van der Waals surface area contributed by atoms with E-state index in [0.29, 0.717) is 6.54 Å². The molecule has 1 amide bonds. The van der Waals surface area contributed by atoms with Crippen LogP contribution in [0.15, 0.2) is 49.1 Å². The molecule has 150 valence electrons. The van der Waals surface area contributed by atoms with Gasteiger partial charge in [-0.2, -0.15) is 0 Å². The molecule has 5 rings (SSSR count). The summed E-state index contributed by atoms with van der Waals surface area (Å²) in [4.78, 5) is 19.1. The van der Waals surface area contributed by atoms with Crippen LogP contribution in [0, 0.1) is 0 Å². The summed E-state index contributed by atoms with van der Waals surface area (Å²) >= 11 is 1.62. The molecule has 0 bridgehead atoms. The number of hydrogen-bond acceptors (Lipinski definition) is 5. The van der Waals surface area contributed by atoms with Gasteiger partial charge in [0.15, 0.2) is 0 Å². The van der Waals surface area contributed by atoms with E-state index in [1.54, 1.807) is 23.9 Å². The van der Waals surface area contributed by atoms with E-state index in [-0.39, 0.29) is 11.5 Å². The van der Waals surface area contributed by atoms with Crippen LogP contribution in [0.2, 0.25) is 0 Å². The fraction of sp³-hybridized carbons (Fsp3) is 0.364. The molecule has 1 spiro atoms. The second-order valence-electron chi connectivity index (χ2n) is 7.57. The first kappa shape index (κ1) is 18.5. The Morgan fingerprint density at radius 2 is 2.17 bits per heavy atom. The quantitative estimate of drug-likeness (QED) is 0.696. The minimum Gasteiger partial charge on any atom is -0.370 e. The summed E-state index contributed by atoms with van der Waals surface area (Å²) in [6, 6.07) is 10.1. The molecule has 0 unspecified atom stereocenters. The number of rotatable bonds is 4. The van der Waals surface area contributed by atoms with Gasteiger partial charge in [-0.05, 0) is 49.2 Å². The average molecular weight is 409 g/mol. The summed E-state index contributed by atoms with van der Waals surface area (Å²) in [6.45, 7) is 3.14. The number of thiophene rings is 1. The third-order valence-electron chi connectivity index (χ3n) is 5.86. The number of nitrogens with one attached hydrogen (secondary N) is 2. The Balaban J connectivity index is 1.34.